The highest BCUT2D eigenvalue weighted by molar-refractivity contribution is 7.15. The van der Waals surface area contributed by atoms with Crippen LogP contribution in [-0.2, 0) is 17.9 Å². The zero-order valence-electron chi connectivity index (χ0n) is 13.4. The molecule has 0 bridgehead atoms. The third kappa shape index (κ3) is 4.54. The summed E-state index contributed by atoms with van der Waals surface area (Å²) >= 11 is 1.76. The van der Waals surface area contributed by atoms with Crippen LogP contribution in [-0.4, -0.2) is 17.4 Å². The van der Waals surface area contributed by atoms with Gasteiger partial charge >= 0.3 is 0 Å². The molecule has 0 atom stereocenters. The summed E-state index contributed by atoms with van der Waals surface area (Å²) in [4.78, 5) is 16.0. The number of nitrogens with zero attached hydrogens (tertiary/aromatic N) is 1. The van der Waals surface area contributed by atoms with Crippen LogP contribution in [0.3, 0.4) is 0 Å². The van der Waals surface area contributed by atoms with E-state index in [-0.39, 0.29) is 12.5 Å². The average Bonchev–Trinajstić information content (AvgIpc) is 3.04. The Morgan fingerprint density at radius 2 is 1.54 bits per heavy atom. The van der Waals surface area contributed by atoms with Gasteiger partial charge in [0.25, 0.3) is 0 Å². The second-order valence-electron chi connectivity index (χ2n) is 5.73. The molecule has 3 aromatic rings. The summed E-state index contributed by atoms with van der Waals surface area (Å²) in [5.74, 6) is -0.300. The normalized spacial score (nSPS) is 10.9. The molecular weight excluding hydrogens is 316 g/mol. The molecule has 3 rings (SSSR count). The van der Waals surface area contributed by atoms with Crippen LogP contribution < -0.4 is 5.73 Å². The quantitative estimate of drug-likeness (QED) is 0.711. The fourth-order valence-electron chi connectivity index (χ4n) is 2.67. The number of thiophene rings is 1. The molecule has 0 spiro atoms. The van der Waals surface area contributed by atoms with Crippen molar-refractivity contribution in [2.45, 2.75) is 13.1 Å². The Bertz CT molecular complexity index is 784. The minimum Gasteiger partial charge on any atom is -0.369 e. The van der Waals surface area contributed by atoms with Crippen molar-refractivity contribution in [2.75, 3.05) is 6.54 Å². The lowest BCUT2D eigenvalue weighted by Crippen LogP contribution is -2.32. The van der Waals surface area contributed by atoms with Gasteiger partial charge in [-0.3, -0.25) is 9.69 Å². The van der Waals surface area contributed by atoms with Gasteiger partial charge in [0.15, 0.2) is 0 Å². The van der Waals surface area contributed by atoms with E-state index in [0.717, 1.165) is 6.54 Å². The molecule has 1 heterocycles. The van der Waals surface area contributed by atoms with Crippen molar-refractivity contribution in [3.63, 3.8) is 0 Å². The van der Waals surface area contributed by atoms with Crippen LogP contribution >= 0.6 is 11.3 Å². The van der Waals surface area contributed by atoms with Crippen molar-refractivity contribution in [3.8, 4) is 10.4 Å². The molecule has 24 heavy (non-hydrogen) atoms. The average molecular weight is 336 g/mol. The molecule has 1 aromatic heterocycles. The summed E-state index contributed by atoms with van der Waals surface area (Å²) in [7, 11) is 0. The number of hydrogen-bond donors (Lipinski definition) is 1. The van der Waals surface area contributed by atoms with Gasteiger partial charge in [-0.2, -0.15) is 0 Å². The second-order valence-corrected chi connectivity index (χ2v) is 6.90. The maximum atomic E-state index is 11.4. The molecule has 0 aliphatic rings. The van der Waals surface area contributed by atoms with Crippen LogP contribution in [0.4, 0.5) is 0 Å². The lowest BCUT2D eigenvalue weighted by Gasteiger charge is -2.20. The topological polar surface area (TPSA) is 46.3 Å². The third-order valence-corrected chi connectivity index (χ3v) is 4.85. The smallest absolute Gasteiger partial charge is 0.231 e. The Morgan fingerprint density at radius 3 is 2.21 bits per heavy atom. The number of nitrogens with two attached hydrogens (primary N) is 1. The van der Waals surface area contributed by atoms with Gasteiger partial charge in [-0.25, -0.2) is 0 Å². The highest BCUT2D eigenvalue weighted by Gasteiger charge is 2.12. The van der Waals surface area contributed by atoms with E-state index in [2.05, 4.69) is 41.3 Å². The van der Waals surface area contributed by atoms with Crippen molar-refractivity contribution >= 4 is 17.2 Å². The van der Waals surface area contributed by atoms with Gasteiger partial charge in [0, 0.05) is 22.8 Å². The van der Waals surface area contributed by atoms with Gasteiger partial charge in [-0.05, 0) is 23.3 Å². The zero-order chi connectivity index (χ0) is 16.8. The molecule has 0 saturated carbocycles. The van der Waals surface area contributed by atoms with E-state index < -0.39 is 0 Å². The third-order valence-electron chi connectivity index (χ3n) is 3.73. The van der Waals surface area contributed by atoms with E-state index >= 15 is 0 Å². The molecule has 0 aliphatic carbocycles. The first-order valence-electron chi connectivity index (χ1n) is 7.89. The maximum absolute atomic E-state index is 11.4. The summed E-state index contributed by atoms with van der Waals surface area (Å²) in [5, 5.41) is 0. The lowest BCUT2D eigenvalue weighted by molar-refractivity contribution is -0.119. The largest absolute Gasteiger partial charge is 0.369 e. The second kappa shape index (κ2) is 7.90. The summed E-state index contributed by atoms with van der Waals surface area (Å²) in [6, 6.07) is 24.8. The standard InChI is InChI=1S/C20H20N2OS/c21-20(23)15-22(13-16-7-3-1-4-8-16)14-18-11-12-19(24-18)17-9-5-2-6-10-17/h1-12H,13-15H2,(H2,21,23). The number of rotatable bonds is 7. The summed E-state index contributed by atoms with van der Waals surface area (Å²) < 4.78 is 0. The van der Waals surface area contributed by atoms with Crippen molar-refractivity contribution in [1.82, 2.24) is 4.90 Å². The predicted octanol–water partition coefficient (Wildman–Crippen LogP) is 3.90. The van der Waals surface area contributed by atoms with Crippen molar-refractivity contribution in [1.29, 1.82) is 0 Å². The van der Waals surface area contributed by atoms with Crippen LogP contribution in [0.25, 0.3) is 10.4 Å². The van der Waals surface area contributed by atoms with Crippen molar-refractivity contribution in [3.05, 3.63) is 83.2 Å². The maximum Gasteiger partial charge on any atom is 0.231 e. The van der Waals surface area contributed by atoms with Gasteiger partial charge in [0.05, 0.1) is 6.54 Å². The Balaban J connectivity index is 1.73. The number of hydrogen-bond acceptors (Lipinski definition) is 3. The zero-order valence-corrected chi connectivity index (χ0v) is 14.2. The monoisotopic (exact) mass is 336 g/mol. The van der Waals surface area contributed by atoms with E-state index in [1.54, 1.807) is 11.3 Å². The predicted molar refractivity (Wildman–Crippen MR) is 99.5 cm³/mol. The molecule has 2 N–H and O–H groups in total. The molecule has 0 unspecified atom stereocenters. The fourth-order valence-corrected chi connectivity index (χ4v) is 3.73. The summed E-state index contributed by atoms with van der Waals surface area (Å²) in [6.45, 7) is 1.69. The molecular formula is C20H20N2OS. The first-order valence-corrected chi connectivity index (χ1v) is 8.71. The van der Waals surface area contributed by atoms with Gasteiger partial charge in [0.2, 0.25) is 5.91 Å². The Hall–Kier alpha value is -2.43. The minimum absolute atomic E-state index is 0.257. The van der Waals surface area contributed by atoms with Crippen LogP contribution in [0, 0.1) is 0 Å². The van der Waals surface area contributed by atoms with E-state index in [9.17, 15) is 4.79 Å². The molecule has 0 radical (unpaired) electrons. The van der Waals surface area contributed by atoms with E-state index in [1.807, 2.05) is 36.4 Å². The minimum atomic E-state index is -0.300. The van der Waals surface area contributed by atoms with E-state index in [4.69, 9.17) is 5.73 Å². The number of primary amides is 1. The molecule has 0 saturated heterocycles. The van der Waals surface area contributed by atoms with Gasteiger partial charge in [0.1, 0.15) is 0 Å². The van der Waals surface area contributed by atoms with Crippen LogP contribution in [0.15, 0.2) is 72.8 Å². The molecule has 2 aromatic carbocycles. The number of carbonyl (C=O) groups is 1. The molecule has 122 valence electrons. The lowest BCUT2D eigenvalue weighted by atomic mass is 10.2. The van der Waals surface area contributed by atoms with Gasteiger partial charge < -0.3 is 5.73 Å². The van der Waals surface area contributed by atoms with E-state index in [1.165, 1.54) is 20.9 Å². The molecule has 1 amide bonds. The Morgan fingerprint density at radius 1 is 0.875 bits per heavy atom. The molecule has 4 heteroatoms. The number of benzene rings is 2. The Kier molecular flexibility index (Phi) is 5.41. The van der Waals surface area contributed by atoms with Gasteiger partial charge in [-0.15, -0.1) is 11.3 Å². The number of amides is 1. The summed E-state index contributed by atoms with van der Waals surface area (Å²) in [5.41, 5.74) is 7.82. The van der Waals surface area contributed by atoms with Crippen LogP contribution in [0.2, 0.25) is 0 Å². The molecule has 3 nitrogen and oxygen atoms in total. The molecule has 0 fully saturated rings. The number of carbonyl (C=O) groups excluding carboxylic acids is 1. The van der Waals surface area contributed by atoms with Crippen molar-refractivity contribution < 1.29 is 4.79 Å². The Labute approximate surface area is 146 Å². The molecule has 0 aliphatic heterocycles. The fraction of sp³-hybridized carbons (Fsp3) is 0.150. The SMILES string of the molecule is NC(=O)CN(Cc1ccccc1)Cc1ccc(-c2ccccc2)s1. The summed E-state index contributed by atoms with van der Waals surface area (Å²) in [6.07, 6.45) is 0. The van der Waals surface area contributed by atoms with E-state index in [0.29, 0.717) is 6.54 Å². The highest BCUT2D eigenvalue weighted by atomic mass is 32.1. The van der Waals surface area contributed by atoms with Crippen LogP contribution in [0.5, 0.6) is 0 Å². The van der Waals surface area contributed by atoms with Crippen LogP contribution in [0.1, 0.15) is 10.4 Å². The van der Waals surface area contributed by atoms with Crippen molar-refractivity contribution in [2.24, 2.45) is 5.73 Å². The first kappa shape index (κ1) is 16.4. The first-order chi connectivity index (χ1) is 11.7. The van der Waals surface area contributed by atoms with Gasteiger partial charge in [-0.1, -0.05) is 60.7 Å². The highest BCUT2D eigenvalue weighted by Crippen LogP contribution is 2.28.